The third-order valence-electron chi connectivity index (χ3n) is 2.53. The lowest BCUT2D eigenvalue weighted by atomic mass is 10.0. The molecule has 0 N–H and O–H groups in total. The van der Waals surface area contributed by atoms with Gasteiger partial charge in [-0.15, -0.1) is 0 Å². The normalized spacial score (nSPS) is 12.2. The van der Waals surface area contributed by atoms with E-state index in [4.69, 9.17) is 4.42 Å². The molecule has 0 atom stereocenters. The molecule has 19 heavy (non-hydrogen) atoms. The zero-order valence-electron chi connectivity index (χ0n) is 11.3. The third kappa shape index (κ3) is 3.32. The van der Waals surface area contributed by atoms with Gasteiger partial charge in [0.2, 0.25) is 0 Å². The molecule has 0 aliphatic heterocycles. The smallest absolute Gasteiger partial charge is 0.200 e. The molecule has 1 aromatic heterocycles. The lowest BCUT2D eigenvalue weighted by molar-refractivity contribution is 0.534. The second-order valence-corrected chi connectivity index (χ2v) is 3.82. The zero-order chi connectivity index (χ0) is 14.3. The van der Waals surface area contributed by atoms with Gasteiger partial charge in [0.1, 0.15) is 12.0 Å². The molecule has 0 aliphatic carbocycles. The van der Waals surface area contributed by atoms with E-state index < -0.39 is 0 Å². The van der Waals surface area contributed by atoms with E-state index >= 15 is 0 Å². The summed E-state index contributed by atoms with van der Waals surface area (Å²) in [6, 6.07) is 0. The molecule has 2 heteroatoms. The molecule has 1 heterocycles. The average molecular weight is 254 g/mol. The standard InChI is InChI=1S/C17H18O2/c1-5-9-13(10-6-2)15-12-19-16(8-4)14(11-7-3)17(15)18/h5-12H,1,4H2,2-3H3/b10-6-,11-7-,13-9+. The summed E-state index contributed by atoms with van der Waals surface area (Å²) >= 11 is 0. The maximum atomic E-state index is 12.5. The van der Waals surface area contributed by atoms with Crippen molar-refractivity contribution < 1.29 is 4.42 Å². The molecular formula is C17H18O2. The van der Waals surface area contributed by atoms with Gasteiger partial charge in [-0.05, 0) is 25.5 Å². The fourth-order valence-electron chi connectivity index (χ4n) is 1.72. The van der Waals surface area contributed by atoms with Gasteiger partial charge in [-0.3, -0.25) is 4.79 Å². The van der Waals surface area contributed by atoms with Crippen molar-refractivity contribution in [3.8, 4) is 0 Å². The van der Waals surface area contributed by atoms with Crippen molar-refractivity contribution in [2.45, 2.75) is 13.8 Å². The first-order chi connectivity index (χ1) is 9.19. The SMILES string of the molecule is C=C/C=C(\C=C/C)c1coc(C=C)c(/C=C\C)c1=O. The molecule has 2 nitrogen and oxygen atoms in total. The van der Waals surface area contributed by atoms with E-state index in [1.165, 1.54) is 12.3 Å². The molecule has 0 saturated heterocycles. The number of hydrogen-bond donors (Lipinski definition) is 0. The summed E-state index contributed by atoms with van der Waals surface area (Å²) in [5.41, 5.74) is 1.71. The summed E-state index contributed by atoms with van der Waals surface area (Å²) in [5, 5.41) is 0. The molecule has 1 rings (SSSR count). The largest absolute Gasteiger partial charge is 0.463 e. The lowest BCUT2D eigenvalue weighted by Gasteiger charge is -2.05. The highest BCUT2D eigenvalue weighted by molar-refractivity contribution is 5.76. The Bertz CT molecular complexity index is 611. The molecule has 0 aromatic carbocycles. The Morgan fingerprint density at radius 1 is 1.26 bits per heavy atom. The van der Waals surface area contributed by atoms with E-state index in [0.29, 0.717) is 16.9 Å². The highest BCUT2D eigenvalue weighted by Crippen LogP contribution is 2.17. The third-order valence-corrected chi connectivity index (χ3v) is 2.53. The minimum atomic E-state index is -0.0783. The van der Waals surface area contributed by atoms with Crippen LogP contribution in [0.5, 0.6) is 0 Å². The average Bonchev–Trinajstić information content (AvgIpc) is 2.41. The van der Waals surface area contributed by atoms with Gasteiger partial charge in [0.05, 0.1) is 11.1 Å². The van der Waals surface area contributed by atoms with Crippen molar-refractivity contribution in [2.75, 3.05) is 0 Å². The van der Waals surface area contributed by atoms with E-state index in [1.807, 2.05) is 26.0 Å². The zero-order valence-corrected chi connectivity index (χ0v) is 11.3. The van der Waals surface area contributed by atoms with Crippen LogP contribution in [0, 0.1) is 0 Å². The van der Waals surface area contributed by atoms with Gasteiger partial charge >= 0.3 is 0 Å². The summed E-state index contributed by atoms with van der Waals surface area (Å²) in [5.74, 6) is 0.477. The molecule has 0 saturated carbocycles. The lowest BCUT2D eigenvalue weighted by Crippen LogP contribution is -2.12. The molecule has 0 spiro atoms. The Hall–Kier alpha value is -2.35. The molecule has 0 amide bonds. The van der Waals surface area contributed by atoms with E-state index in [1.54, 1.807) is 24.3 Å². The predicted octanol–water partition coefficient (Wildman–Crippen LogP) is 4.46. The number of allylic oxidation sites excluding steroid dienone is 6. The maximum Gasteiger partial charge on any atom is 0.200 e. The fraction of sp³-hybridized carbons (Fsp3) is 0.118. The van der Waals surface area contributed by atoms with E-state index in [-0.39, 0.29) is 5.43 Å². The summed E-state index contributed by atoms with van der Waals surface area (Å²) < 4.78 is 5.47. The van der Waals surface area contributed by atoms with Gasteiger partial charge in [0.25, 0.3) is 0 Å². The van der Waals surface area contributed by atoms with Crippen molar-refractivity contribution in [3.05, 3.63) is 76.9 Å². The monoisotopic (exact) mass is 254 g/mol. The summed E-state index contributed by atoms with van der Waals surface area (Å²) in [6.07, 6.45) is 13.7. The second kappa shape index (κ2) is 7.17. The van der Waals surface area contributed by atoms with Gasteiger partial charge < -0.3 is 4.42 Å². The van der Waals surface area contributed by atoms with Gasteiger partial charge in [0, 0.05) is 0 Å². The Morgan fingerprint density at radius 3 is 2.53 bits per heavy atom. The van der Waals surface area contributed by atoms with Crippen molar-refractivity contribution >= 4 is 17.7 Å². The summed E-state index contributed by atoms with van der Waals surface area (Å²) in [6.45, 7) is 11.1. The van der Waals surface area contributed by atoms with Crippen molar-refractivity contribution in [1.82, 2.24) is 0 Å². The van der Waals surface area contributed by atoms with Crippen LogP contribution in [-0.2, 0) is 0 Å². The first-order valence-electron chi connectivity index (χ1n) is 6.06. The highest BCUT2D eigenvalue weighted by atomic mass is 16.3. The first-order valence-corrected chi connectivity index (χ1v) is 6.06. The highest BCUT2D eigenvalue weighted by Gasteiger charge is 2.11. The van der Waals surface area contributed by atoms with Crippen LogP contribution in [-0.4, -0.2) is 0 Å². The van der Waals surface area contributed by atoms with Crippen molar-refractivity contribution in [2.24, 2.45) is 0 Å². The Labute approximate surface area is 113 Å². The Kier molecular flexibility index (Phi) is 5.55. The van der Waals surface area contributed by atoms with Crippen molar-refractivity contribution in [1.29, 1.82) is 0 Å². The molecule has 0 fully saturated rings. The fourth-order valence-corrected chi connectivity index (χ4v) is 1.72. The van der Waals surface area contributed by atoms with Gasteiger partial charge in [-0.25, -0.2) is 0 Å². The van der Waals surface area contributed by atoms with Crippen LogP contribution in [0.2, 0.25) is 0 Å². The van der Waals surface area contributed by atoms with E-state index in [0.717, 1.165) is 5.57 Å². The predicted molar refractivity (Wildman–Crippen MR) is 82.8 cm³/mol. The quantitative estimate of drug-likeness (QED) is 0.726. The maximum absolute atomic E-state index is 12.5. The van der Waals surface area contributed by atoms with Crippen LogP contribution in [0.15, 0.2) is 59.0 Å². The minimum absolute atomic E-state index is 0.0783. The topological polar surface area (TPSA) is 30.2 Å². The molecule has 0 unspecified atom stereocenters. The molecule has 0 radical (unpaired) electrons. The Morgan fingerprint density at radius 2 is 2.00 bits per heavy atom. The van der Waals surface area contributed by atoms with E-state index in [2.05, 4.69) is 13.2 Å². The Balaban J connectivity index is 3.59. The van der Waals surface area contributed by atoms with Gasteiger partial charge in [0.15, 0.2) is 5.43 Å². The van der Waals surface area contributed by atoms with Crippen LogP contribution in [0.3, 0.4) is 0 Å². The van der Waals surface area contributed by atoms with Crippen LogP contribution in [0.4, 0.5) is 0 Å². The summed E-state index contributed by atoms with van der Waals surface area (Å²) in [4.78, 5) is 12.5. The molecule has 0 bridgehead atoms. The molecule has 98 valence electrons. The van der Waals surface area contributed by atoms with E-state index in [9.17, 15) is 4.79 Å². The number of hydrogen-bond acceptors (Lipinski definition) is 2. The molecule has 0 aliphatic rings. The van der Waals surface area contributed by atoms with Crippen molar-refractivity contribution in [3.63, 3.8) is 0 Å². The van der Waals surface area contributed by atoms with Gasteiger partial charge in [-0.1, -0.05) is 49.6 Å². The van der Waals surface area contributed by atoms with Crippen LogP contribution in [0.25, 0.3) is 17.7 Å². The van der Waals surface area contributed by atoms with Crippen LogP contribution < -0.4 is 5.43 Å². The molecule has 1 aromatic rings. The van der Waals surface area contributed by atoms with Gasteiger partial charge in [-0.2, -0.15) is 0 Å². The minimum Gasteiger partial charge on any atom is -0.463 e. The number of rotatable bonds is 5. The van der Waals surface area contributed by atoms with Crippen LogP contribution in [0.1, 0.15) is 30.7 Å². The summed E-state index contributed by atoms with van der Waals surface area (Å²) in [7, 11) is 0. The second-order valence-electron chi connectivity index (χ2n) is 3.82. The molecular weight excluding hydrogens is 236 g/mol. The van der Waals surface area contributed by atoms with Crippen LogP contribution >= 0.6 is 0 Å². The first kappa shape index (κ1) is 14.7.